The summed E-state index contributed by atoms with van der Waals surface area (Å²) in [6, 6.07) is 14.3. The lowest BCUT2D eigenvalue weighted by atomic mass is 10.2. The van der Waals surface area contributed by atoms with Crippen molar-refractivity contribution < 1.29 is 18.7 Å². The molecule has 1 atom stereocenters. The monoisotopic (exact) mass is 372 g/mol. The van der Waals surface area contributed by atoms with E-state index in [0.29, 0.717) is 17.0 Å². The summed E-state index contributed by atoms with van der Waals surface area (Å²) in [4.78, 5) is 24.7. The molecular formula is C19H17FN2O3S. The van der Waals surface area contributed by atoms with Crippen LogP contribution in [0.25, 0.3) is 0 Å². The highest BCUT2D eigenvalue weighted by molar-refractivity contribution is 7.99. The molecule has 0 bridgehead atoms. The second-order valence-corrected chi connectivity index (χ2v) is 6.53. The summed E-state index contributed by atoms with van der Waals surface area (Å²) >= 11 is 1.40. The maximum atomic E-state index is 12.8. The van der Waals surface area contributed by atoms with Crippen LogP contribution in [-0.2, 0) is 14.3 Å². The van der Waals surface area contributed by atoms with Crippen molar-refractivity contribution in [3.63, 3.8) is 0 Å². The molecule has 1 N–H and O–H groups in total. The number of halogens is 1. The molecule has 2 aromatic carbocycles. The molecule has 0 unspecified atom stereocenters. The van der Waals surface area contributed by atoms with E-state index in [-0.39, 0.29) is 12.2 Å². The van der Waals surface area contributed by atoms with Gasteiger partial charge in [0.15, 0.2) is 6.10 Å². The van der Waals surface area contributed by atoms with Crippen molar-refractivity contribution in [1.29, 1.82) is 5.26 Å². The Bertz CT molecular complexity index is 801. The first-order valence-electron chi connectivity index (χ1n) is 7.87. The smallest absolute Gasteiger partial charge is 0.307 e. The lowest BCUT2D eigenvalue weighted by Crippen LogP contribution is -2.30. The van der Waals surface area contributed by atoms with Crippen molar-refractivity contribution in [3.8, 4) is 6.07 Å². The van der Waals surface area contributed by atoms with Gasteiger partial charge in [-0.3, -0.25) is 9.59 Å². The zero-order valence-corrected chi connectivity index (χ0v) is 14.9. The Morgan fingerprint density at radius 2 is 1.85 bits per heavy atom. The predicted octanol–water partition coefficient (Wildman–Crippen LogP) is 3.75. The number of esters is 1. The number of amides is 1. The van der Waals surface area contributed by atoms with Crippen LogP contribution in [0.15, 0.2) is 53.4 Å². The lowest BCUT2D eigenvalue weighted by molar-refractivity contribution is -0.152. The molecule has 7 heteroatoms. The highest BCUT2D eigenvalue weighted by Gasteiger charge is 2.17. The highest BCUT2D eigenvalue weighted by atomic mass is 32.2. The normalized spacial score (nSPS) is 11.3. The van der Waals surface area contributed by atoms with E-state index < -0.39 is 18.0 Å². The van der Waals surface area contributed by atoms with Crippen molar-refractivity contribution in [3.05, 3.63) is 59.9 Å². The summed E-state index contributed by atoms with van der Waals surface area (Å²) in [5.74, 6) is -0.777. The van der Waals surface area contributed by atoms with Crippen LogP contribution < -0.4 is 5.32 Å². The minimum absolute atomic E-state index is 0.135. The average molecular weight is 372 g/mol. The molecular weight excluding hydrogens is 355 g/mol. The van der Waals surface area contributed by atoms with E-state index in [1.807, 2.05) is 6.07 Å². The third-order valence-corrected chi connectivity index (χ3v) is 4.36. The molecule has 0 fully saturated rings. The Morgan fingerprint density at radius 3 is 2.46 bits per heavy atom. The topological polar surface area (TPSA) is 79.2 Å². The number of nitrogens with one attached hydrogen (secondary N) is 1. The number of ether oxygens (including phenoxy) is 1. The van der Waals surface area contributed by atoms with Crippen molar-refractivity contribution >= 4 is 29.3 Å². The van der Waals surface area contributed by atoms with Gasteiger partial charge in [-0.25, -0.2) is 4.39 Å². The van der Waals surface area contributed by atoms with Gasteiger partial charge in [-0.1, -0.05) is 0 Å². The van der Waals surface area contributed by atoms with Crippen LogP contribution in [-0.4, -0.2) is 23.7 Å². The van der Waals surface area contributed by atoms with E-state index in [4.69, 9.17) is 10.00 Å². The van der Waals surface area contributed by atoms with Crippen LogP contribution in [0.5, 0.6) is 0 Å². The predicted molar refractivity (Wildman–Crippen MR) is 97.1 cm³/mol. The van der Waals surface area contributed by atoms with Crippen LogP contribution in [0, 0.1) is 17.1 Å². The number of thioether (sulfide) groups is 1. The van der Waals surface area contributed by atoms with Crippen molar-refractivity contribution in [1.82, 2.24) is 0 Å². The van der Waals surface area contributed by atoms with Crippen LogP contribution in [0.3, 0.4) is 0 Å². The molecule has 26 heavy (non-hydrogen) atoms. The number of carbonyl (C=O) groups excluding carboxylic acids is 2. The molecule has 0 radical (unpaired) electrons. The summed E-state index contributed by atoms with van der Waals surface area (Å²) in [6.45, 7) is 1.49. The van der Waals surface area contributed by atoms with E-state index in [1.165, 1.54) is 30.8 Å². The molecule has 2 rings (SSSR count). The SMILES string of the molecule is C[C@H](OC(=O)CCSc1ccc(F)cc1)C(=O)Nc1ccc(C#N)cc1. The van der Waals surface area contributed by atoms with Gasteiger partial charge >= 0.3 is 5.97 Å². The van der Waals surface area contributed by atoms with E-state index in [1.54, 1.807) is 36.4 Å². The molecule has 0 aliphatic heterocycles. The fraction of sp³-hybridized carbons (Fsp3) is 0.211. The number of carbonyl (C=O) groups is 2. The quantitative estimate of drug-likeness (QED) is 0.591. The van der Waals surface area contributed by atoms with E-state index in [0.717, 1.165) is 4.90 Å². The zero-order chi connectivity index (χ0) is 18.9. The Balaban J connectivity index is 1.73. The Morgan fingerprint density at radius 1 is 1.19 bits per heavy atom. The molecule has 5 nitrogen and oxygen atoms in total. The standard InChI is InChI=1S/C19H17FN2O3S/c1-13(19(24)22-16-6-2-14(12-21)3-7-16)25-18(23)10-11-26-17-8-4-15(20)5-9-17/h2-9,13H,10-11H2,1H3,(H,22,24)/t13-/m0/s1. The molecule has 134 valence electrons. The number of nitrogens with zero attached hydrogens (tertiary/aromatic N) is 1. The van der Waals surface area contributed by atoms with Gasteiger partial charge in [0, 0.05) is 16.3 Å². The molecule has 0 saturated heterocycles. The van der Waals surface area contributed by atoms with Gasteiger partial charge in [0.2, 0.25) is 0 Å². The first-order chi connectivity index (χ1) is 12.5. The molecule has 0 saturated carbocycles. The summed E-state index contributed by atoms with van der Waals surface area (Å²) in [5.41, 5.74) is 1.00. The second-order valence-electron chi connectivity index (χ2n) is 5.36. The summed E-state index contributed by atoms with van der Waals surface area (Å²) in [6.07, 6.45) is -0.801. The van der Waals surface area contributed by atoms with E-state index in [2.05, 4.69) is 5.32 Å². The molecule has 1 amide bonds. The highest BCUT2D eigenvalue weighted by Crippen LogP contribution is 2.19. The lowest BCUT2D eigenvalue weighted by Gasteiger charge is -2.13. The van der Waals surface area contributed by atoms with Crippen LogP contribution in [0.1, 0.15) is 18.9 Å². The largest absolute Gasteiger partial charge is 0.453 e. The summed E-state index contributed by atoms with van der Waals surface area (Å²) in [7, 11) is 0. The van der Waals surface area contributed by atoms with Gasteiger partial charge in [-0.15, -0.1) is 11.8 Å². The molecule has 0 aliphatic carbocycles. The summed E-state index contributed by atoms with van der Waals surface area (Å²) in [5, 5.41) is 11.4. The Hall–Kier alpha value is -2.85. The number of benzene rings is 2. The summed E-state index contributed by atoms with van der Waals surface area (Å²) < 4.78 is 17.9. The minimum atomic E-state index is -0.936. The fourth-order valence-corrected chi connectivity index (χ4v) is 2.80. The number of hydrogen-bond donors (Lipinski definition) is 1. The zero-order valence-electron chi connectivity index (χ0n) is 14.1. The van der Waals surface area contributed by atoms with Gasteiger partial charge < -0.3 is 10.1 Å². The molecule has 0 aromatic heterocycles. The van der Waals surface area contributed by atoms with Gasteiger partial charge in [0.05, 0.1) is 18.1 Å². The number of anilines is 1. The van der Waals surface area contributed by atoms with Gasteiger partial charge in [0.25, 0.3) is 5.91 Å². The Labute approximate surface area is 155 Å². The number of hydrogen-bond acceptors (Lipinski definition) is 5. The minimum Gasteiger partial charge on any atom is -0.453 e. The fourth-order valence-electron chi connectivity index (χ4n) is 1.96. The molecule has 0 aliphatic rings. The Kier molecular flexibility index (Phi) is 7.18. The first kappa shape index (κ1) is 19.5. The third kappa shape index (κ3) is 6.22. The van der Waals surface area contributed by atoms with Crippen molar-refractivity contribution in [2.75, 3.05) is 11.1 Å². The molecule has 0 spiro atoms. The van der Waals surface area contributed by atoms with Gasteiger partial charge in [0.1, 0.15) is 5.82 Å². The second kappa shape index (κ2) is 9.59. The third-order valence-electron chi connectivity index (χ3n) is 3.35. The van der Waals surface area contributed by atoms with Crippen LogP contribution in [0.4, 0.5) is 10.1 Å². The molecule has 2 aromatic rings. The maximum absolute atomic E-state index is 12.8. The van der Waals surface area contributed by atoms with Crippen LogP contribution >= 0.6 is 11.8 Å². The van der Waals surface area contributed by atoms with Crippen molar-refractivity contribution in [2.24, 2.45) is 0 Å². The van der Waals surface area contributed by atoms with Crippen molar-refractivity contribution in [2.45, 2.75) is 24.3 Å². The van der Waals surface area contributed by atoms with Crippen LogP contribution in [0.2, 0.25) is 0 Å². The first-order valence-corrected chi connectivity index (χ1v) is 8.85. The average Bonchev–Trinajstić information content (AvgIpc) is 2.64. The van der Waals surface area contributed by atoms with E-state index in [9.17, 15) is 14.0 Å². The molecule has 0 heterocycles. The van der Waals surface area contributed by atoms with Gasteiger partial charge in [-0.2, -0.15) is 5.26 Å². The number of nitriles is 1. The van der Waals surface area contributed by atoms with Gasteiger partial charge in [-0.05, 0) is 55.5 Å². The number of rotatable bonds is 7. The van der Waals surface area contributed by atoms with E-state index >= 15 is 0 Å². The maximum Gasteiger partial charge on any atom is 0.307 e.